The van der Waals surface area contributed by atoms with Gasteiger partial charge in [-0.05, 0) is 65.2 Å². The molecule has 1 aliphatic carbocycles. The SMILES string of the molecule is CC(C)(C)OC(=O)[C@]1(C)C=CC=C(S(=O)(=O)O)C1.c1ccc(N2CCCCC2)cc1. The Bertz CT molecular complexity index is 878. The average molecular weight is 436 g/mol. The molecule has 30 heavy (non-hydrogen) atoms. The highest BCUT2D eigenvalue weighted by molar-refractivity contribution is 7.89. The predicted molar refractivity (Wildman–Crippen MR) is 120 cm³/mol. The van der Waals surface area contributed by atoms with Crippen LogP contribution in [0.4, 0.5) is 5.69 Å². The largest absolute Gasteiger partial charge is 0.459 e. The highest BCUT2D eigenvalue weighted by Crippen LogP contribution is 2.35. The van der Waals surface area contributed by atoms with Crippen molar-refractivity contribution in [3.05, 3.63) is 53.5 Å². The molecule has 0 radical (unpaired) electrons. The Balaban J connectivity index is 0.000000230. The van der Waals surface area contributed by atoms with E-state index >= 15 is 0 Å². The number of hydrogen-bond acceptors (Lipinski definition) is 5. The van der Waals surface area contributed by atoms with Gasteiger partial charge in [0.15, 0.2) is 0 Å². The van der Waals surface area contributed by atoms with E-state index in [0.29, 0.717) is 0 Å². The van der Waals surface area contributed by atoms with Gasteiger partial charge in [0.05, 0.1) is 10.3 Å². The van der Waals surface area contributed by atoms with Crippen molar-refractivity contribution in [1.82, 2.24) is 0 Å². The molecular formula is C23H33NO5S. The number of piperidine rings is 1. The molecule has 1 fully saturated rings. The maximum absolute atomic E-state index is 12.0. The first-order valence-electron chi connectivity index (χ1n) is 10.3. The number of benzene rings is 1. The lowest BCUT2D eigenvalue weighted by molar-refractivity contribution is -0.163. The van der Waals surface area contributed by atoms with Crippen LogP contribution in [0.1, 0.15) is 53.4 Å². The van der Waals surface area contributed by atoms with E-state index in [2.05, 4.69) is 35.2 Å². The van der Waals surface area contributed by atoms with Gasteiger partial charge in [0, 0.05) is 25.2 Å². The van der Waals surface area contributed by atoms with Crippen LogP contribution in [0, 0.1) is 5.41 Å². The van der Waals surface area contributed by atoms with E-state index in [1.54, 1.807) is 33.8 Å². The second kappa shape index (κ2) is 9.79. The van der Waals surface area contributed by atoms with Crippen molar-refractivity contribution >= 4 is 21.8 Å². The van der Waals surface area contributed by atoms with Crippen LogP contribution < -0.4 is 4.90 Å². The molecule has 0 spiro atoms. The predicted octanol–water partition coefficient (Wildman–Crippen LogP) is 4.74. The molecule has 1 heterocycles. The smallest absolute Gasteiger partial charge is 0.316 e. The van der Waals surface area contributed by atoms with Gasteiger partial charge in [0.25, 0.3) is 10.1 Å². The number of anilines is 1. The van der Waals surface area contributed by atoms with Crippen molar-refractivity contribution in [2.45, 2.75) is 59.0 Å². The Kier molecular flexibility index (Phi) is 7.88. The summed E-state index contributed by atoms with van der Waals surface area (Å²) < 4.78 is 36.4. The molecule has 7 heteroatoms. The molecule has 0 aromatic heterocycles. The average Bonchev–Trinajstić information content (AvgIpc) is 2.68. The summed E-state index contributed by atoms with van der Waals surface area (Å²) >= 11 is 0. The summed E-state index contributed by atoms with van der Waals surface area (Å²) in [7, 11) is -4.27. The summed E-state index contributed by atoms with van der Waals surface area (Å²) in [6, 6.07) is 10.7. The number of nitrogens with zero attached hydrogens (tertiary/aromatic N) is 1. The lowest BCUT2D eigenvalue weighted by atomic mass is 9.83. The Morgan fingerprint density at radius 3 is 2.23 bits per heavy atom. The molecule has 1 aromatic carbocycles. The normalized spacial score (nSPS) is 21.9. The van der Waals surface area contributed by atoms with Crippen LogP contribution in [0.2, 0.25) is 0 Å². The summed E-state index contributed by atoms with van der Waals surface area (Å²) in [6.07, 6.45) is 8.32. The minimum absolute atomic E-state index is 0.1000. The van der Waals surface area contributed by atoms with Crippen LogP contribution >= 0.6 is 0 Å². The topological polar surface area (TPSA) is 83.9 Å². The molecule has 166 valence electrons. The number of rotatable bonds is 3. The van der Waals surface area contributed by atoms with Crippen LogP contribution in [-0.2, 0) is 19.6 Å². The van der Waals surface area contributed by atoms with Gasteiger partial charge in [-0.2, -0.15) is 8.42 Å². The third-order valence-corrected chi connectivity index (χ3v) is 5.90. The van der Waals surface area contributed by atoms with Crippen molar-refractivity contribution in [2.24, 2.45) is 5.41 Å². The monoisotopic (exact) mass is 435 g/mol. The maximum atomic E-state index is 12.0. The Morgan fingerprint density at radius 2 is 1.70 bits per heavy atom. The lowest BCUT2D eigenvalue weighted by Crippen LogP contribution is -2.36. The van der Waals surface area contributed by atoms with E-state index in [9.17, 15) is 13.2 Å². The molecular weight excluding hydrogens is 402 g/mol. The third kappa shape index (κ3) is 7.29. The molecule has 3 rings (SSSR count). The van der Waals surface area contributed by atoms with Gasteiger partial charge in [-0.15, -0.1) is 0 Å². The number of para-hydroxylation sites is 1. The molecule has 1 atom stereocenters. The summed E-state index contributed by atoms with van der Waals surface area (Å²) in [5, 5.41) is 0. The Morgan fingerprint density at radius 1 is 1.10 bits per heavy atom. The molecule has 1 saturated heterocycles. The van der Waals surface area contributed by atoms with Crippen LogP contribution in [0.3, 0.4) is 0 Å². The number of esters is 1. The van der Waals surface area contributed by atoms with E-state index < -0.39 is 27.1 Å². The van der Waals surface area contributed by atoms with Gasteiger partial charge in [0.1, 0.15) is 5.60 Å². The van der Waals surface area contributed by atoms with Crippen molar-refractivity contribution < 1.29 is 22.5 Å². The highest BCUT2D eigenvalue weighted by Gasteiger charge is 2.39. The molecule has 0 amide bonds. The zero-order valence-corrected chi connectivity index (χ0v) is 19.1. The maximum Gasteiger partial charge on any atom is 0.316 e. The fourth-order valence-electron chi connectivity index (χ4n) is 3.35. The number of hydrogen-bond donors (Lipinski definition) is 1. The Labute approximate surface area is 180 Å². The molecule has 1 aliphatic heterocycles. The molecule has 6 nitrogen and oxygen atoms in total. The van der Waals surface area contributed by atoms with Gasteiger partial charge >= 0.3 is 5.97 Å². The van der Waals surface area contributed by atoms with Gasteiger partial charge in [-0.25, -0.2) is 0 Å². The minimum Gasteiger partial charge on any atom is -0.459 e. The van der Waals surface area contributed by atoms with Crippen LogP contribution in [0.5, 0.6) is 0 Å². The third-order valence-electron chi connectivity index (χ3n) is 4.96. The quantitative estimate of drug-likeness (QED) is 0.545. The van der Waals surface area contributed by atoms with Crippen molar-refractivity contribution in [3.63, 3.8) is 0 Å². The van der Waals surface area contributed by atoms with Gasteiger partial charge in [-0.3, -0.25) is 9.35 Å². The van der Waals surface area contributed by atoms with E-state index in [0.717, 1.165) is 0 Å². The van der Waals surface area contributed by atoms with Crippen LogP contribution in [-0.4, -0.2) is 37.6 Å². The lowest BCUT2D eigenvalue weighted by Gasteiger charge is -2.30. The zero-order chi connectivity index (χ0) is 22.4. The number of allylic oxidation sites excluding steroid dienone is 3. The fraction of sp³-hybridized carbons (Fsp3) is 0.522. The number of ether oxygens (including phenoxy) is 1. The first-order chi connectivity index (χ1) is 13.9. The Hall–Kier alpha value is -2.12. The summed E-state index contributed by atoms with van der Waals surface area (Å²) in [5.74, 6) is -0.513. The second-order valence-electron chi connectivity index (χ2n) is 8.95. The van der Waals surface area contributed by atoms with Crippen LogP contribution in [0.15, 0.2) is 53.5 Å². The van der Waals surface area contributed by atoms with E-state index in [4.69, 9.17) is 9.29 Å². The van der Waals surface area contributed by atoms with E-state index in [-0.39, 0.29) is 11.3 Å². The van der Waals surface area contributed by atoms with Crippen molar-refractivity contribution in [1.29, 1.82) is 0 Å². The summed E-state index contributed by atoms with van der Waals surface area (Å²) in [4.78, 5) is 14.3. The first-order valence-corrected chi connectivity index (χ1v) is 11.7. The molecule has 2 aliphatic rings. The van der Waals surface area contributed by atoms with E-state index in [1.165, 1.54) is 50.2 Å². The van der Waals surface area contributed by atoms with Gasteiger partial charge in [0.2, 0.25) is 0 Å². The molecule has 0 unspecified atom stereocenters. The minimum atomic E-state index is -4.27. The first kappa shape index (κ1) is 24.2. The molecule has 0 saturated carbocycles. The highest BCUT2D eigenvalue weighted by atomic mass is 32.2. The van der Waals surface area contributed by atoms with Gasteiger partial charge < -0.3 is 9.64 Å². The number of carbonyl (C=O) groups is 1. The van der Waals surface area contributed by atoms with Crippen molar-refractivity contribution in [2.75, 3.05) is 18.0 Å². The van der Waals surface area contributed by atoms with Crippen LogP contribution in [0.25, 0.3) is 0 Å². The van der Waals surface area contributed by atoms with Gasteiger partial charge in [-0.1, -0.05) is 30.4 Å². The number of carbonyl (C=O) groups excluding carboxylic acids is 1. The molecule has 1 N–H and O–H groups in total. The summed E-state index contributed by atoms with van der Waals surface area (Å²) in [5.41, 5.74) is -0.335. The van der Waals surface area contributed by atoms with Crippen molar-refractivity contribution in [3.8, 4) is 0 Å². The standard InChI is InChI=1S/C12H18O5S.C11H15N/c1-11(2,3)17-10(13)12(4)7-5-6-9(8-12)18(14,15)16;1-3-7-11(8-4-1)12-9-5-2-6-10-12/h5-7H,8H2,1-4H3,(H,14,15,16);1,3-4,7-8H,2,5-6,9-10H2/t12-;/m1./s1. The molecule has 0 bridgehead atoms. The second-order valence-corrected chi connectivity index (χ2v) is 10.4. The zero-order valence-electron chi connectivity index (χ0n) is 18.3. The van der Waals surface area contributed by atoms with E-state index in [1.807, 2.05) is 0 Å². The molecule has 1 aromatic rings. The fourth-order valence-corrected chi connectivity index (χ4v) is 4.08. The summed E-state index contributed by atoms with van der Waals surface area (Å²) in [6.45, 7) is 9.27.